The largest absolute Gasteiger partial charge is 0.469 e. The Balaban J connectivity index is 3.14. The van der Waals surface area contributed by atoms with Crippen molar-refractivity contribution in [1.82, 2.24) is 0 Å². The van der Waals surface area contributed by atoms with Gasteiger partial charge in [0.1, 0.15) is 6.07 Å². The smallest absolute Gasteiger partial charge is 0.309 e. The zero-order chi connectivity index (χ0) is 12.1. The van der Waals surface area contributed by atoms with Gasteiger partial charge in [0, 0.05) is 9.80 Å². The van der Waals surface area contributed by atoms with Gasteiger partial charge in [0.15, 0.2) is 0 Å². The van der Waals surface area contributed by atoms with Gasteiger partial charge in [0.25, 0.3) is 0 Å². The Morgan fingerprint density at radius 2 is 2.19 bits per heavy atom. The lowest BCUT2D eigenvalue weighted by Crippen LogP contribution is -2.07. The molecule has 0 aliphatic rings. The molecule has 5 heteroatoms. The molecule has 0 saturated carbocycles. The molecule has 0 heterocycles. The van der Waals surface area contributed by atoms with Gasteiger partial charge in [-0.05, 0) is 39.2 Å². The molecule has 1 rings (SSSR count). The van der Waals surface area contributed by atoms with Crippen LogP contribution in [0.2, 0.25) is 0 Å². The Morgan fingerprint density at radius 3 is 2.69 bits per heavy atom. The Labute approximate surface area is 111 Å². The molecule has 16 heavy (non-hydrogen) atoms. The second-order valence-corrected chi connectivity index (χ2v) is 4.51. The van der Waals surface area contributed by atoms with Crippen LogP contribution in [0.15, 0.2) is 16.6 Å². The minimum absolute atomic E-state index is 0.210. The lowest BCUT2D eigenvalue weighted by molar-refractivity contribution is -0.139. The van der Waals surface area contributed by atoms with Crippen LogP contribution < -0.4 is 0 Å². The quantitative estimate of drug-likeness (QED) is 0.624. The number of carbonyl (C=O) groups is 1. The first-order valence-corrected chi connectivity index (χ1v) is 6.38. The van der Waals surface area contributed by atoms with Gasteiger partial charge < -0.3 is 4.74 Å². The molecule has 0 atom stereocenters. The maximum atomic E-state index is 11.2. The maximum absolute atomic E-state index is 11.2. The third kappa shape index (κ3) is 3.06. The van der Waals surface area contributed by atoms with Crippen molar-refractivity contribution in [3.63, 3.8) is 0 Å². The molecule has 0 amide bonds. The summed E-state index contributed by atoms with van der Waals surface area (Å²) >= 11 is 6.62. The van der Waals surface area contributed by atoms with Gasteiger partial charge in [-0.25, -0.2) is 0 Å². The molecule has 0 N–H and O–H groups in total. The number of nitriles is 1. The van der Waals surface area contributed by atoms with Gasteiger partial charge in [-0.2, -0.15) is 5.26 Å². The van der Waals surface area contributed by atoms with Crippen LogP contribution >= 0.6 is 31.9 Å². The molecule has 0 aliphatic carbocycles. The number of hydrogen-bond acceptors (Lipinski definition) is 3. The van der Waals surface area contributed by atoms with E-state index < -0.39 is 0 Å². The first kappa shape index (κ1) is 13.2. The van der Waals surface area contributed by atoms with E-state index in [1.807, 2.05) is 0 Å². The number of esters is 1. The monoisotopic (exact) mass is 345 g/mol. The molecule has 3 nitrogen and oxygen atoms in total. The molecule has 0 aromatic heterocycles. The van der Waals surface area contributed by atoms with Crippen molar-refractivity contribution in [2.45, 2.75) is 11.8 Å². The number of methoxy groups -OCH3 is 1. The molecular weight excluding hydrogens is 338 g/mol. The second kappa shape index (κ2) is 6.02. The SMILES string of the molecule is COC(=O)Cc1cc(Br)c(C#N)cc1CBr. The summed E-state index contributed by atoms with van der Waals surface area (Å²) < 4.78 is 5.31. The van der Waals surface area contributed by atoms with Crippen LogP contribution in [0, 0.1) is 11.3 Å². The fourth-order valence-electron chi connectivity index (χ4n) is 1.26. The third-order valence-electron chi connectivity index (χ3n) is 2.12. The summed E-state index contributed by atoms with van der Waals surface area (Å²) in [6, 6.07) is 5.63. The summed E-state index contributed by atoms with van der Waals surface area (Å²) in [5.41, 5.74) is 2.34. The van der Waals surface area contributed by atoms with Gasteiger partial charge in [-0.1, -0.05) is 15.9 Å². The molecule has 0 bridgehead atoms. The minimum atomic E-state index is -0.293. The van der Waals surface area contributed by atoms with Gasteiger partial charge in [-0.15, -0.1) is 0 Å². The Hall–Kier alpha value is -0.860. The Kier molecular flexibility index (Phi) is 4.97. The summed E-state index contributed by atoms with van der Waals surface area (Å²) in [6.07, 6.45) is 0.210. The summed E-state index contributed by atoms with van der Waals surface area (Å²) in [5.74, 6) is -0.293. The van der Waals surface area contributed by atoms with Crippen molar-refractivity contribution in [1.29, 1.82) is 5.26 Å². The summed E-state index contributed by atoms with van der Waals surface area (Å²) in [6.45, 7) is 0. The van der Waals surface area contributed by atoms with Gasteiger partial charge in [0.2, 0.25) is 0 Å². The highest BCUT2D eigenvalue weighted by molar-refractivity contribution is 9.10. The van der Waals surface area contributed by atoms with Crippen molar-refractivity contribution in [2.75, 3.05) is 7.11 Å². The van der Waals surface area contributed by atoms with Crippen molar-refractivity contribution < 1.29 is 9.53 Å². The highest BCUT2D eigenvalue weighted by Crippen LogP contribution is 2.24. The fraction of sp³-hybridized carbons (Fsp3) is 0.273. The molecule has 0 fully saturated rings. The first-order chi connectivity index (χ1) is 7.62. The highest BCUT2D eigenvalue weighted by Gasteiger charge is 2.11. The zero-order valence-electron chi connectivity index (χ0n) is 8.59. The van der Waals surface area contributed by atoms with E-state index in [4.69, 9.17) is 5.26 Å². The molecule has 1 aromatic rings. The average molecular weight is 347 g/mol. The number of ether oxygens (including phenoxy) is 1. The van der Waals surface area contributed by atoms with Crippen molar-refractivity contribution in [3.8, 4) is 6.07 Å². The number of nitrogens with zero attached hydrogens (tertiary/aromatic N) is 1. The van der Waals surface area contributed by atoms with E-state index in [2.05, 4.69) is 42.7 Å². The van der Waals surface area contributed by atoms with E-state index in [0.29, 0.717) is 15.4 Å². The zero-order valence-corrected chi connectivity index (χ0v) is 11.8. The van der Waals surface area contributed by atoms with Crippen molar-refractivity contribution in [3.05, 3.63) is 33.3 Å². The predicted molar refractivity (Wildman–Crippen MR) is 67.2 cm³/mol. The van der Waals surface area contributed by atoms with Crippen LogP contribution in [0.5, 0.6) is 0 Å². The number of benzene rings is 1. The van der Waals surface area contributed by atoms with Gasteiger partial charge in [-0.3, -0.25) is 4.79 Å². The third-order valence-corrected chi connectivity index (χ3v) is 3.38. The molecular formula is C11H9Br2NO2. The Bertz CT molecular complexity index is 452. The number of rotatable bonds is 3. The van der Waals surface area contributed by atoms with Crippen LogP contribution in [-0.2, 0) is 21.3 Å². The van der Waals surface area contributed by atoms with E-state index in [9.17, 15) is 4.79 Å². The fourth-order valence-corrected chi connectivity index (χ4v) is 2.26. The average Bonchev–Trinajstić information content (AvgIpc) is 2.29. The predicted octanol–water partition coefficient (Wildman–Crippen LogP) is 2.93. The lowest BCUT2D eigenvalue weighted by Gasteiger charge is -2.08. The van der Waals surface area contributed by atoms with Crippen LogP contribution in [0.4, 0.5) is 0 Å². The van der Waals surface area contributed by atoms with E-state index in [1.54, 1.807) is 12.1 Å². The van der Waals surface area contributed by atoms with E-state index in [0.717, 1.165) is 11.1 Å². The number of hydrogen-bond donors (Lipinski definition) is 0. The molecule has 0 unspecified atom stereocenters. The van der Waals surface area contributed by atoms with Crippen molar-refractivity contribution in [2.24, 2.45) is 0 Å². The number of alkyl halides is 1. The lowest BCUT2D eigenvalue weighted by atomic mass is 10.0. The van der Waals surface area contributed by atoms with E-state index in [-0.39, 0.29) is 12.4 Å². The molecule has 0 aliphatic heterocycles. The first-order valence-electron chi connectivity index (χ1n) is 4.46. The van der Waals surface area contributed by atoms with Gasteiger partial charge in [0.05, 0.1) is 19.1 Å². The molecule has 1 aromatic carbocycles. The van der Waals surface area contributed by atoms with Crippen LogP contribution in [0.3, 0.4) is 0 Å². The molecule has 0 radical (unpaired) electrons. The number of halogens is 2. The topological polar surface area (TPSA) is 50.1 Å². The van der Waals surface area contributed by atoms with Crippen molar-refractivity contribution >= 4 is 37.8 Å². The molecule has 0 saturated heterocycles. The van der Waals surface area contributed by atoms with Crippen LogP contribution in [0.1, 0.15) is 16.7 Å². The minimum Gasteiger partial charge on any atom is -0.469 e. The number of carbonyl (C=O) groups excluding carboxylic acids is 1. The second-order valence-electron chi connectivity index (χ2n) is 3.10. The van der Waals surface area contributed by atoms with E-state index >= 15 is 0 Å². The highest BCUT2D eigenvalue weighted by atomic mass is 79.9. The van der Waals surface area contributed by atoms with Gasteiger partial charge >= 0.3 is 5.97 Å². The summed E-state index contributed by atoms with van der Waals surface area (Å²) in [7, 11) is 1.36. The maximum Gasteiger partial charge on any atom is 0.309 e. The Morgan fingerprint density at radius 1 is 1.50 bits per heavy atom. The van der Waals surface area contributed by atoms with E-state index in [1.165, 1.54) is 7.11 Å². The van der Waals surface area contributed by atoms with Crippen LogP contribution in [-0.4, -0.2) is 13.1 Å². The standard InChI is InChI=1S/C11H9Br2NO2/c1-16-11(15)4-7-3-10(13)9(6-14)2-8(7)5-12/h2-3H,4-5H2,1H3. The summed E-state index contributed by atoms with van der Waals surface area (Å²) in [5, 5.41) is 9.47. The summed E-state index contributed by atoms with van der Waals surface area (Å²) in [4.78, 5) is 11.2. The van der Waals surface area contributed by atoms with Crippen LogP contribution in [0.25, 0.3) is 0 Å². The molecule has 84 valence electrons. The normalized spacial score (nSPS) is 9.62. The molecule has 0 spiro atoms.